The summed E-state index contributed by atoms with van der Waals surface area (Å²) in [7, 11) is 1.96. The van der Waals surface area contributed by atoms with E-state index in [2.05, 4.69) is 67.7 Å². The molecule has 0 fully saturated rings. The molecule has 1 N–H and O–H groups in total. The highest BCUT2D eigenvalue weighted by Gasteiger charge is 2.20. The quantitative estimate of drug-likeness (QED) is 0.861. The van der Waals surface area contributed by atoms with Crippen LogP contribution in [0.3, 0.4) is 0 Å². The fourth-order valence-corrected chi connectivity index (χ4v) is 2.00. The second-order valence-corrected chi connectivity index (χ2v) is 5.65. The Morgan fingerprint density at radius 2 is 1.35 bits per heavy atom. The highest BCUT2D eigenvalue weighted by Crippen LogP contribution is 2.26. The van der Waals surface area contributed by atoms with Gasteiger partial charge in [0, 0.05) is 5.54 Å². The molecule has 20 heavy (non-hydrogen) atoms. The van der Waals surface area contributed by atoms with Gasteiger partial charge in [-0.05, 0) is 32.0 Å². The second kappa shape index (κ2) is 6.69. The van der Waals surface area contributed by atoms with Gasteiger partial charge < -0.3 is 10.1 Å². The van der Waals surface area contributed by atoms with Crippen LogP contribution in [0.1, 0.15) is 31.1 Å². The van der Waals surface area contributed by atoms with E-state index in [0.29, 0.717) is 6.61 Å². The number of benzene rings is 2. The van der Waals surface area contributed by atoms with E-state index in [-0.39, 0.29) is 11.6 Å². The summed E-state index contributed by atoms with van der Waals surface area (Å²) in [5, 5.41) is 3.27. The Morgan fingerprint density at radius 1 is 0.900 bits per heavy atom. The van der Waals surface area contributed by atoms with Gasteiger partial charge in [0.2, 0.25) is 0 Å². The number of likely N-dealkylation sites (N-methyl/N-ethyl adjacent to an activating group) is 1. The first-order valence-electron chi connectivity index (χ1n) is 7.03. The summed E-state index contributed by atoms with van der Waals surface area (Å²) in [4.78, 5) is 0. The van der Waals surface area contributed by atoms with Crippen LogP contribution >= 0.6 is 0 Å². The van der Waals surface area contributed by atoms with E-state index >= 15 is 0 Å². The Kier molecular flexibility index (Phi) is 4.94. The molecule has 2 aromatic carbocycles. The van der Waals surface area contributed by atoms with Crippen LogP contribution in [-0.4, -0.2) is 19.2 Å². The van der Waals surface area contributed by atoms with Crippen LogP contribution in [0.15, 0.2) is 60.7 Å². The van der Waals surface area contributed by atoms with Crippen molar-refractivity contribution in [1.82, 2.24) is 5.32 Å². The van der Waals surface area contributed by atoms with Gasteiger partial charge in [-0.3, -0.25) is 0 Å². The first kappa shape index (κ1) is 14.8. The smallest absolute Gasteiger partial charge is 0.108 e. The van der Waals surface area contributed by atoms with Crippen LogP contribution in [-0.2, 0) is 4.74 Å². The van der Waals surface area contributed by atoms with Crippen molar-refractivity contribution in [3.05, 3.63) is 71.8 Å². The molecule has 0 aliphatic rings. The fraction of sp³-hybridized carbons (Fsp3) is 0.333. The van der Waals surface area contributed by atoms with E-state index < -0.39 is 0 Å². The maximum absolute atomic E-state index is 6.21. The molecule has 0 radical (unpaired) electrons. The lowest BCUT2D eigenvalue weighted by Crippen LogP contribution is -2.41. The number of hydrogen-bond donors (Lipinski definition) is 1. The molecule has 106 valence electrons. The van der Waals surface area contributed by atoms with Gasteiger partial charge in [-0.2, -0.15) is 0 Å². The van der Waals surface area contributed by atoms with Gasteiger partial charge in [-0.1, -0.05) is 60.7 Å². The van der Waals surface area contributed by atoms with Gasteiger partial charge in [0.25, 0.3) is 0 Å². The lowest BCUT2D eigenvalue weighted by atomic mass is 10.0. The monoisotopic (exact) mass is 269 g/mol. The van der Waals surface area contributed by atoms with E-state index in [1.54, 1.807) is 0 Å². The van der Waals surface area contributed by atoms with Crippen molar-refractivity contribution < 1.29 is 4.74 Å². The zero-order valence-electron chi connectivity index (χ0n) is 12.5. The van der Waals surface area contributed by atoms with Gasteiger partial charge in [-0.15, -0.1) is 0 Å². The molecule has 0 aliphatic heterocycles. The molecule has 2 rings (SSSR count). The second-order valence-electron chi connectivity index (χ2n) is 5.65. The molecule has 0 aliphatic carbocycles. The maximum Gasteiger partial charge on any atom is 0.108 e. The van der Waals surface area contributed by atoms with Gasteiger partial charge in [-0.25, -0.2) is 0 Å². The van der Waals surface area contributed by atoms with E-state index in [9.17, 15) is 0 Å². The first-order chi connectivity index (χ1) is 9.62. The summed E-state index contributed by atoms with van der Waals surface area (Å²) in [6.45, 7) is 4.93. The van der Waals surface area contributed by atoms with Crippen molar-refractivity contribution in [2.24, 2.45) is 0 Å². The largest absolute Gasteiger partial charge is 0.367 e. The molecule has 0 atom stereocenters. The molecule has 0 amide bonds. The molecule has 0 spiro atoms. The average Bonchev–Trinajstić information content (AvgIpc) is 2.49. The van der Waals surface area contributed by atoms with E-state index in [0.717, 1.165) is 0 Å². The van der Waals surface area contributed by atoms with Crippen molar-refractivity contribution >= 4 is 0 Å². The van der Waals surface area contributed by atoms with Gasteiger partial charge in [0.05, 0.1) is 6.61 Å². The normalized spacial score (nSPS) is 11.8. The third-order valence-corrected chi connectivity index (χ3v) is 3.49. The van der Waals surface area contributed by atoms with Crippen molar-refractivity contribution in [2.45, 2.75) is 25.5 Å². The van der Waals surface area contributed by atoms with Crippen LogP contribution in [0.25, 0.3) is 0 Å². The topological polar surface area (TPSA) is 21.3 Å². The van der Waals surface area contributed by atoms with E-state index in [1.165, 1.54) is 11.1 Å². The molecule has 0 saturated heterocycles. The summed E-state index contributed by atoms with van der Waals surface area (Å²) in [5.74, 6) is 0. The SMILES string of the molecule is CNC(C)(C)COC(c1ccccc1)c1ccccc1. The van der Waals surface area contributed by atoms with Crippen molar-refractivity contribution in [1.29, 1.82) is 0 Å². The van der Waals surface area contributed by atoms with Crippen LogP contribution in [0, 0.1) is 0 Å². The standard InChI is InChI=1S/C18H23NO/c1-18(2,19-3)14-20-17(15-10-6-4-7-11-15)16-12-8-5-9-13-16/h4-13,17,19H,14H2,1-3H3. The molecule has 0 aromatic heterocycles. The Morgan fingerprint density at radius 3 is 1.75 bits per heavy atom. The maximum atomic E-state index is 6.21. The van der Waals surface area contributed by atoms with Crippen LogP contribution in [0.5, 0.6) is 0 Å². The highest BCUT2D eigenvalue weighted by molar-refractivity contribution is 5.29. The molecular weight excluding hydrogens is 246 g/mol. The summed E-state index contributed by atoms with van der Waals surface area (Å²) in [6, 6.07) is 20.7. The minimum atomic E-state index is -0.0399. The van der Waals surface area contributed by atoms with Crippen molar-refractivity contribution in [3.63, 3.8) is 0 Å². The molecular formula is C18H23NO. The molecule has 0 unspecified atom stereocenters. The molecule has 0 bridgehead atoms. The number of ether oxygens (including phenoxy) is 1. The predicted molar refractivity (Wildman–Crippen MR) is 83.8 cm³/mol. The Bertz CT molecular complexity index is 468. The zero-order valence-corrected chi connectivity index (χ0v) is 12.5. The third-order valence-electron chi connectivity index (χ3n) is 3.49. The van der Waals surface area contributed by atoms with Crippen molar-refractivity contribution in [2.75, 3.05) is 13.7 Å². The van der Waals surface area contributed by atoms with Crippen LogP contribution < -0.4 is 5.32 Å². The lowest BCUT2D eigenvalue weighted by molar-refractivity contribution is 0.0416. The van der Waals surface area contributed by atoms with Crippen LogP contribution in [0.4, 0.5) is 0 Å². The predicted octanol–water partition coefficient (Wildman–Crippen LogP) is 3.79. The number of nitrogens with one attached hydrogen (secondary N) is 1. The molecule has 2 aromatic rings. The van der Waals surface area contributed by atoms with E-state index in [4.69, 9.17) is 4.74 Å². The Labute approximate surface area is 121 Å². The Hall–Kier alpha value is -1.64. The van der Waals surface area contributed by atoms with Crippen LogP contribution in [0.2, 0.25) is 0 Å². The van der Waals surface area contributed by atoms with Crippen molar-refractivity contribution in [3.8, 4) is 0 Å². The summed E-state index contributed by atoms with van der Waals surface area (Å²) < 4.78 is 6.21. The zero-order chi connectivity index (χ0) is 14.4. The van der Waals surface area contributed by atoms with Gasteiger partial charge >= 0.3 is 0 Å². The first-order valence-corrected chi connectivity index (χ1v) is 7.03. The number of rotatable bonds is 6. The highest BCUT2D eigenvalue weighted by atomic mass is 16.5. The number of hydrogen-bond acceptors (Lipinski definition) is 2. The molecule has 0 saturated carbocycles. The minimum absolute atomic E-state index is 0.0231. The molecule has 2 nitrogen and oxygen atoms in total. The lowest BCUT2D eigenvalue weighted by Gasteiger charge is -2.28. The minimum Gasteiger partial charge on any atom is -0.367 e. The average molecular weight is 269 g/mol. The Balaban J connectivity index is 2.22. The van der Waals surface area contributed by atoms with Gasteiger partial charge in [0.15, 0.2) is 0 Å². The molecule has 2 heteroatoms. The van der Waals surface area contributed by atoms with E-state index in [1.807, 2.05) is 19.2 Å². The molecule has 0 heterocycles. The summed E-state index contributed by atoms with van der Waals surface area (Å²) >= 11 is 0. The summed E-state index contributed by atoms with van der Waals surface area (Å²) in [6.07, 6.45) is -0.0231. The van der Waals surface area contributed by atoms with Gasteiger partial charge in [0.1, 0.15) is 6.10 Å². The summed E-state index contributed by atoms with van der Waals surface area (Å²) in [5.41, 5.74) is 2.33. The third kappa shape index (κ3) is 3.92. The fourth-order valence-electron chi connectivity index (χ4n) is 2.00.